The second-order valence-electron chi connectivity index (χ2n) is 1.61. The van der Waals surface area contributed by atoms with Crippen LogP contribution >= 0.6 is 15.9 Å². The molecule has 1 rings (SSSR count). The third kappa shape index (κ3) is 3.07. The van der Waals surface area contributed by atoms with Crippen molar-refractivity contribution in [2.75, 3.05) is 0 Å². The molecule has 44 valence electrons. The minimum absolute atomic E-state index is 0. The Kier molecular flexibility index (Phi) is 4.25. The van der Waals surface area contributed by atoms with Crippen molar-refractivity contribution < 1.29 is 19.5 Å². The number of nitrogens with zero attached hydrogens (tertiary/aromatic N) is 1. The number of hydrogen-bond donors (Lipinski definition) is 0. The molecule has 0 N–H and O–H groups in total. The van der Waals surface area contributed by atoms with Crippen LogP contribution in [0.25, 0.3) is 0 Å². The summed E-state index contributed by atoms with van der Waals surface area (Å²) >= 11 is 3.24. The number of hydrogen-bond acceptors (Lipinski definition) is 1. The predicted octanol–water partition coefficient (Wildman–Crippen LogP) is 1.95. The third-order valence-corrected chi connectivity index (χ3v) is 1.20. The van der Waals surface area contributed by atoms with Gasteiger partial charge in [-0.3, -0.25) is 0 Å². The molecule has 0 bridgehead atoms. The number of pyridine rings is 1. The Labute approximate surface area is 75.8 Å². The summed E-state index contributed by atoms with van der Waals surface area (Å²) in [6.07, 6.45) is 4.51. The first kappa shape index (κ1) is 9.25. The summed E-state index contributed by atoms with van der Waals surface area (Å²) in [5.41, 5.74) is 1.15. The van der Waals surface area contributed by atoms with E-state index in [1.54, 1.807) is 6.20 Å². The average Bonchev–Trinajstić information content (AvgIpc) is 1.64. The maximum Gasteiger partial charge on any atom is 0 e. The molecule has 1 aromatic heterocycles. The Balaban J connectivity index is 0.000000640. The number of aromatic nitrogens is 1. The summed E-state index contributed by atoms with van der Waals surface area (Å²) in [5.74, 6) is 0. The normalized spacial score (nSPS) is 8.22. The van der Waals surface area contributed by atoms with Crippen molar-refractivity contribution in [3.63, 3.8) is 0 Å². The molecule has 9 heavy (non-hydrogen) atoms. The van der Waals surface area contributed by atoms with E-state index in [0.717, 1.165) is 10.0 Å². The van der Waals surface area contributed by atoms with Gasteiger partial charge in [0.05, 0.1) is 0 Å². The summed E-state index contributed by atoms with van der Waals surface area (Å²) < 4.78 is 0.914. The van der Waals surface area contributed by atoms with Crippen LogP contribution in [0.1, 0.15) is 5.56 Å². The fourth-order valence-corrected chi connectivity index (χ4v) is 0.929. The molecule has 0 aromatic carbocycles. The summed E-state index contributed by atoms with van der Waals surface area (Å²) in [4.78, 5) is 3.81. The molecule has 0 atom stereocenters. The Morgan fingerprint density at radius 1 is 1.67 bits per heavy atom. The van der Waals surface area contributed by atoms with Gasteiger partial charge in [0.2, 0.25) is 0 Å². The molecule has 0 aliphatic rings. The first-order chi connectivity index (χ1) is 3.79. The van der Waals surface area contributed by atoms with Crippen LogP contribution in [0, 0.1) is 13.1 Å². The van der Waals surface area contributed by atoms with Crippen LogP contribution in [0.3, 0.4) is 0 Å². The molecule has 0 saturated carbocycles. The van der Waals surface area contributed by atoms with E-state index in [-0.39, 0.29) is 19.5 Å². The molecule has 0 aliphatic heterocycles. The molecular weight excluding hydrogens is 231 g/mol. The van der Waals surface area contributed by atoms with Crippen LogP contribution in [0.5, 0.6) is 0 Å². The van der Waals surface area contributed by atoms with Gasteiger partial charge in [-0.25, -0.2) is 0 Å². The van der Waals surface area contributed by atoms with E-state index < -0.39 is 0 Å². The zero-order valence-corrected chi connectivity index (χ0v) is 9.74. The minimum atomic E-state index is 0. The quantitative estimate of drug-likeness (QED) is 0.496. The zero-order valence-electron chi connectivity index (χ0n) is 5.19. The van der Waals surface area contributed by atoms with E-state index in [4.69, 9.17) is 0 Å². The van der Waals surface area contributed by atoms with E-state index in [9.17, 15) is 0 Å². The molecule has 0 radical (unpaired) electrons. The van der Waals surface area contributed by atoms with Gasteiger partial charge in [0.15, 0.2) is 0 Å². The number of aryl methyl sites for hydroxylation is 1. The number of rotatable bonds is 0. The average molecular weight is 236 g/mol. The molecule has 0 aliphatic carbocycles. The van der Waals surface area contributed by atoms with E-state index >= 15 is 0 Å². The topological polar surface area (TPSA) is 12.9 Å². The van der Waals surface area contributed by atoms with Crippen molar-refractivity contribution in [2.45, 2.75) is 6.92 Å². The Bertz CT molecular complexity index is 173. The van der Waals surface area contributed by atoms with Crippen molar-refractivity contribution in [1.82, 2.24) is 4.98 Å². The Hall–Kier alpha value is 0.253. The van der Waals surface area contributed by atoms with Crippen molar-refractivity contribution in [3.05, 3.63) is 28.5 Å². The van der Waals surface area contributed by atoms with Crippen LogP contribution in [0.4, 0.5) is 0 Å². The largest absolute Gasteiger partial charge is 0.393 e. The standard InChI is InChI=1S/C6H5BrN.Zn/c1-5-2-6(7)4-8-3-5;/h2-3H,1H3;/q-1;. The molecule has 0 amide bonds. The summed E-state index contributed by atoms with van der Waals surface area (Å²) in [6.45, 7) is 1.99. The van der Waals surface area contributed by atoms with E-state index in [2.05, 4.69) is 27.1 Å². The van der Waals surface area contributed by atoms with Crippen molar-refractivity contribution in [3.8, 4) is 0 Å². The van der Waals surface area contributed by atoms with Gasteiger partial charge in [-0.05, 0) is 0 Å². The molecule has 0 spiro atoms. The van der Waals surface area contributed by atoms with Gasteiger partial charge < -0.3 is 4.98 Å². The Morgan fingerprint density at radius 2 is 2.33 bits per heavy atom. The number of halogens is 1. The molecule has 1 heterocycles. The van der Waals surface area contributed by atoms with Gasteiger partial charge in [0, 0.05) is 19.5 Å². The van der Waals surface area contributed by atoms with Crippen LogP contribution in [-0.2, 0) is 19.5 Å². The van der Waals surface area contributed by atoms with Crippen molar-refractivity contribution in [1.29, 1.82) is 0 Å². The van der Waals surface area contributed by atoms with Crippen LogP contribution in [0.15, 0.2) is 16.7 Å². The summed E-state index contributed by atoms with van der Waals surface area (Å²) in [5, 5.41) is 0. The van der Waals surface area contributed by atoms with Crippen LogP contribution in [-0.4, -0.2) is 4.98 Å². The van der Waals surface area contributed by atoms with E-state index in [1.165, 1.54) is 0 Å². The maximum atomic E-state index is 3.81. The molecule has 0 saturated heterocycles. The third-order valence-electron chi connectivity index (χ3n) is 0.794. The fraction of sp³-hybridized carbons (Fsp3) is 0.167. The van der Waals surface area contributed by atoms with Crippen LogP contribution in [0.2, 0.25) is 0 Å². The second-order valence-corrected chi connectivity index (χ2v) is 2.46. The molecule has 1 aromatic rings. The van der Waals surface area contributed by atoms with E-state index in [1.807, 2.05) is 13.0 Å². The zero-order chi connectivity index (χ0) is 5.98. The maximum absolute atomic E-state index is 3.81. The fourth-order valence-electron chi connectivity index (χ4n) is 0.465. The summed E-state index contributed by atoms with van der Waals surface area (Å²) in [6, 6.07) is 1.97. The minimum Gasteiger partial charge on any atom is -0.393 e. The molecule has 3 heteroatoms. The van der Waals surface area contributed by atoms with E-state index in [0.29, 0.717) is 0 Å². The van der Waals surface area contributed by atoms with Gasteiger partial charge in [0.25, 0.3) is 0 Å². The SMILES string of the molecule is Cc1cn[c-]c(Br)c1.[Zn]. The summed E-state index contributed by atoms with van der Waals surface area (Å²) in [7, 11) is 0. The van der Waals surface area contributed by atoms with Gasteiger partial charge in [-0.2, -0.15) is 6.07 Å². The molecule has 0 fully saturated rings. The first-order valence-corrected chi connectivity index (χ1v) is 3.08. The smallest absolute Gasteiger partial charge is 0 e. The van der Waals surface area contributed by atoms with Gasteiger partial charge in [-0.15, -0.1) is 5.56 Å². The molecule has 0 unspecified atom stereocenters. The molecular formula is C6H5BrNZn-. The van der Waals surface area contributed by atoms with Gasteiger partial charge in [-0.1, -0.05) is 39.7 Å². The van der Waals surface area contributed by atoms with Crippen LogP contribution < -0.4 is 0 Å². The van der Waals surface area contributed by atoms with Crippen molar-refractivity contribution in [2.24, 2.45) is 0 Å². The first-order valence-electron chi connectivity index (χ1n) is 2.29. The monoisotopic (exact) mass is 234 g/mol. The predicted molar refractivity (Wildman–Crippen MR) is 35.5 cm³/mol. The van der Waals surface area contributed by atoms with Gasteiger partial charge >= 0.3 is 0 Å². The van der Waals surface area contributed by atoms with Gasteiger partial charge in [0.1, 0.15) is 0 Å². The van der Waals surface area contributed by atoms with Crippen molar-refractivity contribution >= 4 is 15.9 Å². The Morgan fingerprint density at radius 3 is 2.67 bits per heavy atom. The molecule has 1 nitrogen and oxygen atoms in total. The second kappa shape index (κ2) is 4.13.